The summed E-state index contributed by atoms with van der Waals surface area (Å²) >= 11 is 0. The van der Waals surface area contributed by atoms with Gasteiger partial charge in [0.05, 0.1) is 12.0 Å². The van der Waals surface area contributed by atoms with E-state index in [0.29, 0.717) is 49.3 Å². The zero-order valence-corrected chi connectivity index (χ0v) is 19.1. The Morgan fingerprint density at radius 2 is 1.92 bits per heavy atom. The van der Waals surface area contributed by atoms with Crippen LogP contribution in [0.2, 0.25) is 0 Å². The predicted molar refractivity (Wildman–Crippen MR) is 123 cm³/mol. The molecule has 0 radical (unpaired) electrons. The molecule has 0 bridgehead atoms. The summed E-state index contributed by atoms with van der Waals surface area (Å²) in [6.45, 7) is 0.560. The van der Waals surface area contributed by atoms with E-state index in [4.69, 9.17) is 18.3 Å². The van der Waals surface area contributed by atoms with Crippen molar-refractivity contribution < 1.29 is 32.7 Å². The fraction of sp³-hybridized carbons (Fsp3) is 0.292. The van der Waals surface area contributed by atoms with Crippen LogP contribution in [0.25, 0.3) is 11.7 Å². The Labute approximate surface area is 205 Å². The molecule has 0 spiro atoms. The predicted octanol–water partition coefficient (Wildman–Crippen LogP) is 1.42. The molecule has 1 saturated heterocycles. The lowest BCUT2D eigenvalue weighted by molar-refractivity contribution is -0.151. The van der Waals surface area contributed by atoms with Crippen molar-refractivity contribution in [2.75, 3.05) is 55.7 Å². The van der Waals surface area contributed by atoms with Gasteiger partial charge < -0.3 is 28.1 Å². The van der Waals surface area contributed by atoms with Crippen LogP contribution >= 0.6 is 0 Å². The zero-order chi connectivity index (χ0) is 25.1. The van der Waals surface area contributed by atoms with Crippen molar-refractivity contribution in [3.8, 4) is 23.5 Å². The number of carbonyl (C=O) groups excluding carboxylic acids is 3. The van der Waals surface area contributed by atoms with Crippen molar-refractivity contribution >= 4 is 29.4 Å². The summed E-state index contributed by atoms with van der Waals surface area (Å²) in [5.41, 5.74) is 0.613. The number of anilines is 2. The summed E-state index contributed by atoms with van der Waals surface area (Å²) in [4.78, 5) is 46.1. The van der Waals surface area contributed by atoms with E-state index in [9.17, 15) is 19.6 Å². The Morgan fingerprint density at radius 1 is 1.11 bits per heavy atom. The van der Waals surface area contributed by atoms with Crippen molar-refractivity contribution in [1.82, 2.24) is 9.88 Å². The van der Waals surface area contributed by atoms with Crippen LogP contribution < -0.4 is 14.5 Å². The number of hydrogen-bond donors (Lipinski definition) is 0. The van der Waals surface area contributed by atoms with Crippen molar-refractivity contribution in [3.63, 3.8) is 0 Å². The van der Waals surface area contributed by atoms with Gasteiger partial charge >= 0.3 is 5.97 Å². The number of furan rings is 1. The first kappa shape index (κ1) is 23.0. The van der Waals surface area contributed by atoms with Gasteiger partial charge in [0.15, 0.2) is 19.0 Å². The topological polar surface area (TPSA) is 142 Å². The minimum Gasteiger partial charge on any atom is -0.482 e. The van der Waals surface area contributed by atoms with Crippen molar-refractivity contribution in [1.29, 1.82) is 5.26 Å². The number of benzene rings is 1. The molecule has 1 aromatic carbocycles. The Balaban J connectivity index is 1.13. The second kappa shape index (κ2) is 9.83. The number of amides is 2. The molecule has 0 N–H and O–H groups in total. The van der Waals surface area contributed by atoms with Crippen LogP contribution in [0, 0.1) is 11.3 Å². The number of piperazine rings is 1. The van der Waals surface area contributed by atoms with Gasteiger partial charge in [-0.25, -0.2) is 0 Å². The molecule has 2 aliphatic rings. The standard InChI is InChI=1S/C24H21N5O7/c25-12-16-24(36-23(26-16)19-6-3-11-33-19)28-9-7-27(8-10-28)20(30)14-35-22(32)13-29-17-4-1-2-5-18(17)34-15-21(29)31/h1-6,11H,7-10,13-15H2. The lowest BCUT2D eigenvalue weighted by atomic mass is 10.2. The molecule has 0 saturated carbocycles. The molecule has 0 unspecified atom stereocenters. The number of rotatable bonds is 6. The lowest BCUT2D eigenvalue weighted by Gasteiger charge is -2.34. The summed E-state index contributed by atoms with van der Waals surface area (Å²) in [6, 6.07) is 12.3. The van der Waals surface area contributed by atoms with Gasteiger partial charge in [-0.15, -0.1) is 0 Å². The average molecular weight is 491 g/mol. The van der Waals surface area contributed by atoms with Gasteiger partial charge in [0.1, 0.15) is 18.4 Å². The molecule has 1 fully saturated rings. The third kappa shape index (κ3) is 4.58. The second-order valence-corrected chi connectivity index (χ2v) is 8.03. The smallest absolute Gasteiger partial charge is 0.326 e. The first-order valence-corrected chi connectivity index (χ1v) is 11.2. The fourth-order valence-electron chi connectivity index (χ4n) is 4.00. The number of fused-ring (bicyclic) bond motifs is 1. The van der Waals surface area contributed by atoms with Crippen LogP contribution in [0.15, 0.2) is 51.5 Å². The van der Waals surface area contributed by atoms with Crippen LogP contribution in [-0.2, 0) is 19.1 Å². The van der Waals surface area contributed by atoms with Crippen LogP contribution in [0.5, 0.6) is 5.75 Å². The molecule has 2 aromatic heterocycles. The molecule has 4 heterocycles. The van der Waals surface area contributed by atoms with Crippen LogP contribution in [0.4, 0.5) is 11.6 Å². The summed E-state index contributed by atoms with van der Waals surface area (Å²) in [6.07, 6.45) is 1.49. The molecule has 2 aliphatic heterocycles. The van der Waals surface area contributed by atoms with Gasteiger partial charge in [0.25, 0.3) is 17.7 Å². The summed E-state index contributed by atoms with van der Waals surface area (Å²) in [7, 11) is 0. The maximum absolute atomic E-state index is 12.6. The number of nitrogens with zero attached hydrogens (tertiary/aromatic N) is 5. The Kier molecular flexibility index (Phi) is 6.27. The number of nitriles is 1. The Bertz CT molecular complexity index is 1320. The van der Waals surface area contributed by atoms with Crippen LogP contribution in [-0.4, -0.2) is 73.6 Å². The highest BCUT2D eigenvalue weighted by atomic mass is 16.5. The summed E-state index contributed by atoms with van der Waals surface area (Å²) in [5.74, 6) is 0.0182. The van der Waals surface area contributed by atoms with Crippen LogP contribution in [0.3, 0.4) is 0 Å². The molecule has 3 aromatic rings. The fourth-order valence-corrected chi connectivity index (χ4v) is 4.00. The van der Waals surface area contributed by atoms with E-state index in [1.165, 1.54) is 11.2 Å². The van der Waals surface area contributed by atoms with E-state index >= 15 is 0 Å². The second-order valence-electron chi connectivity index (χ2n) is 8.03. The number of para-hydroxylation sites is 2. The van der Waals surface area contributed by atoms with E-state index in [0.717, 1.165) is 0 Å². The van der Waals surface area contributed by atoms with E-state index in [1.54, 1.807) is 41.3 Å². The van der Waals surface area contributed by atoms with Crippen molar-refractivity contribution in [2.24, 2.45) is 0 Å². The summed E-state index contributed by atoms with van der Waals surface area (Å²) < 4.78 is 21.5. The minimum atomic E-state index is -0.696. The average Bonchev–Trinajstić information content (AvgIpc) is 3.59. The van der Waals surface area contributed by atoms with Crippen LogP contribution in [0.1, 0.15) is 5.69 Å². The number of esters is 1. The third-order valence-corrected chi connectivity index (χ3v) is 5.82. The lowest BCUT2D eigenvalue weighted by Crippen LogP contribution is -2.50. The van der Waals surface area contributed by atoms with Gasteiger partial charge in [-0.2, -0.15) is 10.2 Å². The van der Waals surface area contributed by atoms with Gasteiger partial charge in [0.2, 0.25) is 11.6 Å². The zero-order valence-electron chi connectivity index (χ0n) is 19.1. The maximum atomic E-state index is 12.6. The van der Waals surface area contributed by atoms with Gasteiger partial charge in [-0.05, 0) is 24.3 Å². The SMILES string of the molecule is N#Cc1nc(-c2ccco2)oc1N1CCN(C(=O)COC(=O)CN2C(=O)COc3ccccc32)CC1. The molecule has 12 heteroatoms. The molecule has 184 valence electrons. The molecule has 2 amide bonds. The molecular weight excluding hydrogens is 470 g/mol. The van der Waals surface area contributed by atoms with E-state index in [1.807, 2.05) is 11.0 Å². The normalized spacial score (nSPS) is 15.2. The Hall–Kier alpha value is -4.79. The van der Waals surface area contributed by atoms with Gasteiger partial charge in [-0.1, -0.05) is 12.1 Å². The van der Waals surface area contributed by atoms with E-state index in [2.05, 4.69) is 4.98 Å². The van der Waals surface area contributed by atoms with E-state index in [-0.39, 0.29) is 36.6 Å². The van der Waals surface area contributed by atoms with Crippen molar-refractivity contribution in [3.05, 3.63) is 48.4 Å². The Morgan fingerprint density at radius 3 is 2.67 bits per heavy atom. The molecule has 0 aliphatic carbocycles. The molecule has 5 rings (SSSR count). The first-order valence-electron chi connectivity index (χ1n) is 11.2. The van der Waals surface area contributed by atoms with E-state index < -0.39 is 12.6 Å². The molecule has 12 nitrogen and oxygen atoms in total. The number of hydrogen-bond acceptors (Lipinski definition) is 10. The van der Waals surface area contributed by atoms with Crippen molar-refractivity contribution in [2.45, 2.75) is 0 Å². The quantitative estimate of drug-likeness (QED) is 0.465. The number of ether oxygens (including phenoxy) is 2. The highest BCUT2D eigenvalue weighted by Crippen LogP contribution is 2.31. The summed E-state index contributed by atoms with van der Waals surface area (Å²) in [5, 5.41) is 9.44. The minimum absolute atomic E-state index is 0.134. The largest absolute Gasteiger partial charge is 0.482 e. The maximum Gasteiger partial charge on any atom is 0.326 e. The highest BCUT2D eigenvalue weighted by molar-refractivity contribution is 6.01. The first-order chi connectivity index (χ1) is 17.5. The van der Waals surface area contributed by atoms with Gasteiger partial charge in [0, 0.05) is 26.2 Å². The monoisotopic (exact) mass is 491 g/mol. The number of carbonyl (C=O) groups is 3. The van der Waals surface area contributed by atoms with Gasteiger partial charge in [-0.3, -0.25) is 19.3 Å². The number of aromatic nitrogens is 1. The molecular formula is C24H21N5O7. The molecule has 0 atom stereocenters. The highest BCUT2D eigenvalue weighted by Gasteiger charge is 2.30. The molecule has 36 heavy (non-hydrogen) atoms. The third-order valence-electron chi connectivity index (χ3n) is 5.82. The number of oxazole rings is 1.